The number of ether oxygens (including phenoxy) is 2. The first kappa shape index (κ1) is 43.7. The number of amides is 2. The minimum atomic E-state index is -1.15. The number of hydrogen-bond acceptors (Lipinski definition) is 6. The van der Waals surface area contributed by atoms with Gasteiger partial charge in [-0.1, -0.05) is 46.8 Å². The standard InChI is InChI=1S/C49H78N2O7/c1-32(2)34-15-22-49(42(54)51-25-18-33(19-26-51)11-10-12-39(52)50-27-29-57-30-28-50)24-23-47(8)35(41(34)49)13-14-37-46(7)20-17-38(58-40(53)31-44(3,4)43(55)56)45(5,6)36(46)16-21-48(37,47)9/h33-38,41H,1,10-31H2,2-9H3,(H,55,56)/t34-,35+,36-,37+,38-,41+,46-,47+,48+,49-/m0/s1. The smallest absolute Gasteiger partial charge is 0.309 e. The van der Waals surface area contributed by atoms with Crippen LogP contribution < -0.4 is 0 Å². The van der Waals surface area contributed by atoms with Gasteiger partial charge in [-0.3, -0.25) is 19.2 Å². The first-order chi connectivity index (χ1) is 27.2. The molecule has 0 aromatic heterocycles. The Kier molecular flexibility index (Phi) is 11.9. The van der Waals surface area contributed by atoms with Gasteiger partial charge >= 0.3 is 11.9 Å². The number of carboxylic acids is 1. The third kappa shape index (κ3) is 7.19. The Balaban J connectivity index is 1.04. The number of likely N-dealkylation sites (tertiary alicyclic amines) is 1. The molecule has 0 aromatic carbocycles. The van der Waals surface area contributed by atoms with Gasteiger partial charge in [-0.2, -0.15) is 0 Å². The largest absolute Gasteiger partial charge is 0.481 e. The number of allylic oxidation sites excluding steroid dienone is 1. The van der Waals surface area contributed by atoms with E-state index in [1.54, 1.807) is 13.8 Å². The van der Waals surface area contributed by atoms with E-state index < -0.39 is 17.4 Å². The summed E-state index contributed by atoms with van der Waals surface area (Å²) in [6.07, 6.45) is 14.9. The zero-order chi connectivity index (χ0) is 42.1. The fourth-order valence-corrected chi connectivity index (χ4v) is 15.6. The Morgan fingerprint density at radius 1 is 0.793 bits per heavy atom. The lowest BCUT2D eigenvalue weighted by Gasteiger charge is -2.73. The number of carbonyl (C=O) groups is 4. The third-order valence-electron chi connectivity index (χ3n) is 19.1. The van der Waals surface area contributed by atoms with E-state index in [0.717, 1.165) is 96.6 Å². The topological polar surface area (TPSA) is 113 Å². The summed E-state index contributed by atoms with van der Waals surface area (Å²) in [7, 11) is 0. The Bertz CT molecular complexity index is 1610. The number of hydrogen-bond donors (Lipinski definition) is 1. The molecule has 2 amide bonds. The molecule has 0 unspecified atom stereocenters. The van der Waals surface area contributed by atoms with Crippen molar-refractivity contribution in [3.8, 4) is 0 Å². The van der Waals surface area contributed by atoms with Gasteiger partial charge in [0.05, 0.1) is 30.5 Å². The van der Waals surface area contributed by atoms with Crippen molar-refractivity contribution in [3.05, 3.63) is 12.2 Å². The number of esters is 1. The van der Waals surface area contributed by atoms with Gasteiger partial charge in [0.15, 0.2) is 0 Å². The van der Waals surface area contributed by atoms with E-state index in [2.05, 4.69) is 53.0 Å². The third-order valence-corrected chi connectivity index (χ3v) is 19.1. The average molecular weight is 807 g/mol. The van der Waals surface area contributed by atoms with Crippen LogP contribution in [0, 0.1) is 68.0 Å². The first-order valence-electron chi connectivity index (χ1n) is 23.4. The maximum absolute atomic E-state index is 15.1. The van der Waals surface area contributed by atoms with Gasteiger partial charge in [0.25, 0.3) is 0 Å². The predicted octanol–water partition coefficient (Wildman–Crippen LogP) is 9.32. The Morgan fingerprint density at radius 2 is 1.48 bits per heavy atom. The van der Waals surface area contributed by atoms with E-state index in [9.17, 15) is 19.5 Å². The second-order valence-electron chi connectivity index (χ2n) is 22.7. The molecule has 9 heteroatoms. The highest BCUT2D eigenvalue weighted by Gasteiger charge is 2.72. The molecule has 7 fully saturated rings. The number of morpholine rings is 1. The van der Waals surface area contributed by atoms with Crippen LogP contribution in [-0.2, 0) is 28.7 Å². The molecule has 5 aliphatic carbocycles. The molecule has 1 N–H and O–H groups in total. The molecular formula is C49H78N2O7. The van der Waals surface area contributed by atoms with E-state index in [4.69, 9.17) is 9.47 Å². The van der Waals surface area contributed by atoms with E-state index in [0.29, 0.717) is 74.1 Å². The molecule has 10 atom stereocenters. The highest BCUT2D eigenvalue weighted by Crippen LogP contribution is 2.77. The van der Waals surface area contributed by atoms with Gasteiger partial charge in [0, 0.05) is 38.0 Å². The maximum Gasteiger partial charge on any atom is 0.309 e. The summed E-state index contributed by atoms with van der Waals surface area (Å²) in [5.41, 5.74) is -0.0227. The summed E-state index contributed by atoms with van der Waals surface area (Å²) in [6.45, 7) is 26.8. The summed E-state index contributed by atoms with van der Waals surface area (Å²) in [5.74, 6) is 2.08. The maximum atomic E-state index is 15.1. The number of carboxylic acid groups (broad SMARTS) is 1. The number of carbonyl (C=O) groups excluding carboxylic acids is 3. The van der Waals surface area contributed by atoms with Crippen molar-refractivity contribution >= 4 is 23.8 Å². The molecule has 0 bridgehead atoms. The van der Waals surface area contributed by atoms with E-state index in [1.165, 1.54) is 12.0 Å². The van der Waals surface area contributed by atoms with Gasteiger partial charge < -0.3 is 24.4 Å². The van der Waals surface area contributed by atoms with Crippen LogP contribution >= 0.6 is 0 Å². The Hall–Kier alpha value is -2.42. The SMILES string of the molecule is C=C(C)[C@@H]1CC[C@]2(C(=O)N3CCC(CCCC(=O)N4CCOCC4)CC3)CC[C@]3(C)[C@H](CC[C@@H]4[C@@]5(C)CC[C@H](OC(=O)CC(C)(C)C(=O)O)C(C)(C)[C@@H]5CC[C@]43C)[C@@H]12. The molecule has 2 saturated heterocycles. The number of rotatable bonds is 10. The fourth-order valence-electron chi connectivity index (χ4n) is 15.6. The van der Waals surface area contributed by atoms with Crippen molar-refractivity contribution in [2.24, 2.45) is 68.0 Å². The summed E-state index contributed by atoms with van der Waals surface area (Å²) in [5, 5.41) is 9.65. The minimum absolute atomic E-state index is 0.113. The van der Waals surface area contributed by atoms with Crippen molar-refractivity contribution in [2.45, 2.75) is 164 Å². The molecular weight excluding hydrogens is 729 g/mol. The Labute approximate surface area is 350 Å². The van der Waals surface area contributed by atoms with Gasteiger partial charge in [0.1, 0.15) is 6.10 Å². The predicted molar refractivity (Wildman–Crippen MR) is 225 cm³/mol. The van der Waals surface area contributed by atoms with Gasteiger partial charge in [-0.15, -0.1) is 0 Å². The molecule has 326 valence electrons. The van der Waals surface area contributed by atoms with Gasteiger partial charge in [-0.05, 0) is 162 Å². The molecule has 0 spiro atoms. The van der Waals surface area contributed by atoms with Crippen molar-refractivity contribution in [1.82, 2.24) is 9.80 Å². The zero-order valence-electron chi connectivity index (χ0n) is 37.6. The van der Waals surface area contributed by atoms with Crippen LogP contribution in [0.15, 0.2) is 12.2 Å². The first-order valence-corrected chi connectivity index (χ1v) is 23.4. The molecule has 5 saturated carbocycles. The number of nitrogens with zero attached hydrogens (tertiary/aromatic N) is 2. The quantitative estimate of drug-likeness (QED) is 0.173. The van der Waals surface area contributed by atoms with Gasteiger partial charge in [0.2, 0.25) is 11.8 Å². The zero-order valence-corrected chi connectivity index (χ0v) is 37.6. The lowest BCUT2D eigenvalue weighted by molar-refractivity contribution is -0.250. The van der Waals surface area contributed by atoms with Crippen LogP contribution in [0.1, 0.15) is 158 Å². The molecule has 0 aromatic rings. The highest BCUT2D eigenvalue weighted by atomic mass is 16.5. The lowest BCUT2D eigenvalue weighted by atomic mass is 9.32. The summed E-state index contributed by atoms with van der Waals surface area (Å²) in [4.78, 5) is 57.1. The van der Waals surface area contributed by atoms with E-state index in [-0.39, 0.29) is 45.5 Å². The second kappa shape index (κ2) is 15.8. The number of aliphatic carboxylic acids is 1. The van der Waals surface area contributed by atoms with E-state index in [1.807, 2.05) is 4.90 Å². The van der Waals surface area contributed by atoms with Crippen molar-refractivity contribution in [2.75, 3.05) is 39.4 Å². The Morgan fingerprint density at radius 3 is 2.14 bits per heavy atom. The number of fused-ring (bicyclic) bond motifs is 7. The molecule has 2 heterocycles. The summed E-state index contributed by atoms with van der Waals surface area (Å²) >= 11 is 0. The summed E-state index contributed by atoms with van der Waals surface area (Å²) in [6, 6.07) is 0. The monoisotopic (exact) mass is 807 g/mol. The van der Waals surface area contributed by atoms with Crippen molar-refractivity contribution in [3.63, 3.8) is 0 Å². The van der Waals surface area contributed by atoms with Crippen LogP contribution in [0.3, 0.4) is 0 Å². The molecule has 58 heavy (non-hydrogen) atoms. The second-order valence-corrected chi connectivity index (χ2v) is 22.7. The van der Waals surface area contributed by atoms with Crippen molar-refractivity contribution in [1.29, 1.82) is 0 Å². The van der Waals surface area contributed by atoms with Crippen molar-refractivity contribution < 1.29 is 33.8 Å². The lowest BCUT2D eigenvalue weighted by Crippen LogP contribution is -2.67. The molecule has 2 aliphatic heterocycles. The van der Waals surface area contributed by atoms with Crippen LogP contribution in [0.4, 0.5) is 0 Å². The molecule has 7 aliphatic rings. The highest BCUT2D eigenvalue weighted by molar-refractivity contribution is 5.84. The normalized spacial score (nSPS) is 40.1. The van der Waals surface area contributed by atoms with Crippen LogP contribution in [0.25, 0.3) is 0 Å². The minimum Gasteiger partial charge on any atom is -0.481 e. The van der Waals surface area contributed by atoms with E-state index >= 15 is 4.79 Å². The van der Waals surface area contributed by atoms with Crippen LogP contribution in [-0.4, -0.2) is 84.2 Å². The average Bonchev–Trinajstić information content (AvgIpc) is 3.58. The van der Waals surface area contributed by atoms with Crippen LogP contribution in [0.2, 0.25) is 0 Å². The molecule has 9 nitrogen and oxygen atoms in total. The van der Waals surface area contributed by atoms with Crippen LogP contribution in [0.5, 0.6) is 0 Å². The molecule has 0 radical (unpaired) electrons. The fraction of sp³-hybridized carbons (Fsp3) is 0.878. The number of piperidine rings is 1. The van der Waals surface area contributed by atoms with Gasteiger partial charge in [-0.25, -0.2) is 0 Å². The molecule has 7 rings (SSSR count). The summed E-state index contributed by atoms with van der Waals surface area (Å²) < 4.78 is 11.6.